The van der Waals surface area contributed by atoms with Gasteiger partial charge in [0.1, 0.15) is 0 Å². The summed E-state index contributed by atoms with van der Waals surface area (Å²) in [4.78, 5) is 11.0. The third kappa shape index (κ3) is 3.22. The van der Waals surface area contributed by atoms with Crippen LogP contribution in [-0.4, -0.2) is 32.7 Å². The highest BCUT2D eigenvalue weighted by molar-refractivity contribution is 5.73. The lowest BCUT2D eigenvalue weighted by Gasteiger charge is -2.34. The minimum atomic E-state index is -0.0836. The van der Waals surface area contributed by atoms with Crippen LogP contribution in [0.25, 0.3) is 0 Å². The van der Waals surface area contributed by atoms with Gasteiger partial charge in [0.25, 0.3) is 0 Å². The first-order valence-corrected chi connectivity index (χ1v) is 4.83. The monoisotopic (exact) mass is 185 g/mol. The molecule has 0 aromatic carbocycles. The Hall–Kier alpha value is -0.770. The van der Waals surface area contributed by atoms with Gasteiger partial charge in [-0.2, -0.15) is 0 Å². The minimum Gasteiger partial charge on any atom is -0.341 e. The Morgan fingerprint density at radius 3 is 2.62 bits per heavy atom. The van der Waals surface area contributed by atoms with Crippen molar-refractivity contribution in [3.8, 4) is 0 Å². The van der Waals surface area contributed by atoms with Crippen molar-refractivity contribution < 1.29 is 4.79 Å². The third-order valence-electron chi connectivity index (χ3n) is 2.71. The molecule has 0 atom stereocenters. The number of carbonyl (C=O) groups excluding carboxylic acids is 1. The molecule has 1 aliphatic heterocycles. The van der Waals surface area contributed by atoms with Crippen LogP contribution in [0, 0.1) is 5.41 Å². The summed E-state index contributed by atoms with van der Waals surface area (Å²) in [5.41, 5.74) is 0.276. The Morgan fingerprint density at radius 1 is 1.46 bits per heavy atom. The highest BCUT2D eigenvalue weighted by Crippen LogP contribution is 2.26. The third-order valence-corrected chi connectivity index (χ3v) is 2.71. The van der Waals surface area contributed by atoms with Gasteiger partial charge < -0.3 is 16.0 Å². The Labute approximate surface area is 79.5 Å². The van der Waals surface area contributed by atoms with Crippen LogP contribution in [0.3, 0.4) is 0 Å². The number of rotatable bonds is 2. The Bertz CT molecular complexity index is 176. The van der Waals surface area contributed by atoms with E-state index in [0.29, 0.717) is 0 Å². The Kier molecular flexibility index (Phi) is 3.54. The molecule has 1 heterocycles. The van der Waals surface area contributed by atoms with Crippen LogP contribution < -0.4 is 16.0 Å². The summed E-state index contributed by atoms with van der Waals surface area (Å²) in [5.74, 6) is 0. The molecule has 0 spiro atoms. The highest BCUT2D eigenvalue weighted by atomic mass is 16.2. The van der Waals surface area contributed by atoms with Gasteiger partial charge in [-0.05, 0) is 31.3 Å². The second-order valence-corrected chi connectivity index (χ2v) is 3.99. The molecular weight excluding hydrogens is 166 g/mol. The van der Waals surface area contributed by atoms with Crippen molar-refractivity contribution >= 4 is 6.03 Å². The fourth-order valence-corrected chi connectivity index (χ4v) is 1.59. The van der Waals surface area contributed by atoms with Gasteiger partial charge in [0, 0.05) is 13.6 Å². The molecule has 1 saturated heterocycles. The first kappa shape index (κ1) is 10.3. The van der Waals surface area contributed by atoms with Crippen molar-refractivity contribution in [3.63, 3.8) is 0 Å². The number of hydrogen-bond acceptors (Lipinski definition) is 2. The zero-order valence-corrected chi connectivity index (χ0v) is 8.44. The average Bonchev–Trinajstić information content (AvgIpc) is 2.15. The van der Waals surface area contributed by atoms with Crippen molar-refractivity contribution in [3.05, 3.63) is 0 Å². The minimum absolute atomic E-state index is 0.0836. The Balaban J connectivity index is 2.28. The number of amides is 2. The normalized spacial score (nSPS) is 20.8. The summed E-state index contributed by atoms with van der Waals surface area (Å²) in [6.07, 6.45) is 2.27. The van der Waals surface area contributed by atoms with Gasteiger partial charge >= 0.3 is 6.03 Å². The van der Waals surface area contributed by atoms with Gasteiger partial charge in [-0.15, -0.1) is 0 Å². The fraction of sp³-hybridized carbons (Fsp3) is 0.889. The zero-order chi connectivity index (χ0) is 9.73. The molecule has 0 aromatic rings. The number of carbonyl (C=O) groups is 1. The molecule has 1 aliphatic rings. The van der Waals surface area contributed by atoms with E-state index in [4.69, 9.17) is 0 Å². The molecule has 2 amide bonds. The topological polar surface area (TPSA) is 53.2 Å². The smallest absolute Gasteiger partial charge is 0.314 e. The first-order valence-electron chi connectivity index (χ1n) is 4.83. The van der Waals surface area contributed by atoms with E-state index in [9.17, 15) is 4.79 Å². The van der Waals surface area contributed by atoms with Crippen molar-refractivity contribution in [1.29, 1.82) is 0 Å². The van der Waals surface area contributed by atoms with Gasteiger partial charge in [0.15, 0.2) is 0 Å². The van der Waals surface area contributed by atoms with Gasteiger partial charge in [-0.1, -0.05) is 6.92 Å². The van der Waals surface area contributed by atoms with Crippen molar-refractivity contribution in [2.24, 2.45) is 5.41 Å². The summed E-state index contributed by atoms with van der Waals surface area (Å²) >= 11 is 0. The van der Waals surface area contributed by atoms with Crippen molar-refractivity contribution in [2.45, 2.75) is 19.8 Å². The van der Waals surface area contributed by atoms with E-state index in [1.165, 1.54) is 0 Å². The molecule has 4 heteroatoms. The molecule has 4 nitrogen and oxygen atoms in total. The quantitative estimate of drug-likeness (QED) is 0.580. The van der Waals surface area contributed by atoms with E-state index in [2.05, 4.69) is 22.9 Å². The molecule has 1 fully saturated rings. The van der Waals surface area contributed by atoms with E-state index in [0.717, 1.165) is 32.5 Å². The highest BCUT2D eigenvalue weighted by Gasteiger charge is 2.26. The zero-order valence-electron chi connectivity index (χ0n) is 8.44. The molecule has 0 unspecified atom stereocenters. The average molecular weight is 185 g/mol. The van der Waals surface area contributed by atoms with Gasteiger partial charge in [0.05, 0.1) is 0 Å². The molecule has 1 rings (SSSR count). The van der Waals surface area contributed by atoms with Crippen LogP contribution in [0.4, 0.5) is 4.79 Å². The molecule has 3 N–H and O–H groups in total. The predicted octanol–water partition coefficient (Wildman–Crippen LogP) is 0.305. The maximum atomic E-state index is 11.0. The summed E-state index contributed by atoms with van der Waals surface area (Å²) in [6, 6.07) is -0.0836. The summed E-state index contributed by atoms with van der Waals surface area (Å²) in [6.45, 7) is 5.12. The van der Waals surface area contributed by atoms with Crippen LogP contribution in [0.5, 0.6) is 0 Å². The lowest BCUT2D eigenvalue weighted by Crippen LogP contribution is -2.45. The van der Waals surface area contributed by atoms with Crippen molar-refractivity contribution in [2.75, 3.05) is 26.7 Å². The number of piperidine rings is 1. The SMILES string of the molecule is CNC(=O)NCC1(C)CCNCC1. The van der Waals surface area contributed by atoms with Crippen molar-refractivity contribution in [1.82, 2.24) is 16.0 Å². The van der Waals surface area contributed by atoms with E-state index >= 15 is 0 Å². The maximum Gasteiger partial charge on any atom is 0.314 e. The summed E-state index contributed by atoms with van der Waals surface area (Å²) < 4.78 is 0. The van der Waals surface area contributed by atoms with Crippen LogP contribution in [-0.2, 0) is 0 Å². The largest absolute Gasteiger partial charge is 0.341 e. The molecule has 13 heavy (non-hydrogen) atoms. The van der Waals surface area contributed by atoms with E-state index in [1.807, 2.05) is 0 Å². The molecule has 0 aliphatic carbocycles. The molecule has 0 radical (unpaired) electrons. The molecule has 0 aromatic heterocycles. The van der Waals surface area contributed by atoms with Gasteiger partial charge in [-0.3, -0.25) is 0 Å². The second kappa shape index (κ2) is 4.46. The number of hydrogen-bond donors (Lipinski definition) is 3. The van der Waals surface area contributed by atoms with Crippen LogP contribution in [0.1, 0.15) is 19.8 Å². The maximum absolute atomic E-state index is 11.0. The lowest BCUT2D eigenvalue weighted by atomic mass is 9.81. The standard InChI is InChI=1S/C9H19N3O/c1-9(3-5-11-6-4-9)7-12-8(13)10-2/h11H,3-7H2,1-2H3,(H2,10,12,13). The van der Waals surface area contributed by atoms with Crippen LogP contribution in [0.2, 0.25) is 0 Å². The molecule has 0 saturated carbocycles. The molecular formula is C9H19N3O. The first-order chi connectivity index (χ1) is 6.16. The summed E-state index contributed by atoms with van der Waals surface area (Å²) in [7, 11) is 1.64. The van der Waals surface area contributed by atoms with Crippen LogP contribution in [0.15, 0.2) is 0 Å². The fourth-order valence-electron chi connectivity index (χ4n) is 1.59. The lowest BCUT2D eigenvalue weighted by molar-refractivity contribution is 0.208. The van der Waals surface area contributed by atoms with E-state index in [-0.39, 0.29) is 11.4 Å². The van der Waals surface area contributed by atoms with Crippen LogP contribution >= 0.6 is 0 Å². The summed E-state index contributed by atoms with van der Waals surface area (Å²) in [5, 5.41) is 8.73. The van der Waals surface area contributed by atoms with Gasteiger partial charge in [0.2, 0.25) is 0 Å². The van der Waals surface area contributed by atoms with E-state index < -0.39 is 0 Å². The van der Waals surface area contributed by atoms with E-state index in [1.54, 1.807) is 7.05 Å². The Morgan fingerprint density at radius 2 is 2.08 bits per heavy atom. The van der Waals surface area contributed by atoms with Gasteiger partial charge in [-0.25, -0.2) is 4.79 Å². The predicted molar refractivity (Wildman–Crippen MR) is 52.7 cm³/mol. The molecule has 76 valence electrons. The second-order valence-electron chi connectivity index (χ2n) is 3.99. The number of urea groups is 1. The number of nitrogens with one attached hydrogen (secondary N) is 3. The molecule has 0 bridgehead atoms.